The van der Waals surface area contributed by atoms with E-state index in [-0.39, 0.29) is 18.3 Å². The van der Waals surface area contributed by atoms with Crippen molar-refractivity contribution in [1.82, 2.24) is 15.3 Å². The van der Waals surface area contributed by atoms with Crippen LogP contribution >= 0.6 is 11.3 Å². The second-order valence-corrected chi connectivity index (χ2v) is 7.30. The minimum Gasteiger partial charge on any atom is -0.348 e. The van der Waals surface area contributed by atoms with Crippen molar-refractivity contribution < 1.29 is 9.18 Å². The van der Waals surface area contributed by atoms with Crippen LogP contribution in [-0.2, 0) is 6.54 Å². The van der Waals surface area contributed by atoms with E-state index in [1.54, 1.807) is 30.6 Å². The molecule has 0 saturated carbocycles. The maximum atomic E-state index is 13.2. The number of rotatable bonds is 4. The number of pyridine rings is 1. The van der Waals surface area contributed by atoms with Crippen molar-refractivity contribution in [2.75, 3.05) is 0 Å². The van der Waals surface area contributed by atoms with E-state index < -0.39 is 0 Å². The van der Waals surface area contributed by atoms with E-state index in [1.807, 2.05) is 25.1 Å². The zero-order chi connectivity index (χ0) is 18.8. The topological polar surface area (TPSA) is 54.9 Å². The highest BCUT2D eigenvalue weighted by Gasteiger charge is 2.11. The highest BCUT2D eigenvalue weighted by Crippen LogP contribution is 2.30. The lowest BCUT2D eigenvalue weighted by molar-refractivity contribution is 0.0951. The van der Waals surface area contributed by atoms with E-state index in [0.717, 1.165) is 31.9 Å². The lowest BCUT2D eigenvalue weighted by Gasteiger charge is -2.05. The normalized spacial score (nSPS) is 10.9. The summed E-state index contributed by atoms with van der Waals surface area (Å²) in [6.07, 6.45) is 3.59. The number of benzene rings is 2. The van der Waals surface area contributed by atoms with Crippen LogP contribution in [-0.4, -0.2) is 15.9 Å². The van der Waals surface area contributed by atoms with Gasteiger partial charge in [-0.3, -0.25) is 9.78 Å². The van der Waals surface area contributed by atoms with Crippen molar-refractivity contribution in [2.45, 2.75) is 13.5 Å². The molecule has 1 amide bonds. The molecule has 0 radical (unpaired) electrons. The Balaban J connectivity index is 1.55. The summed E-state index contributed by atoms with van der Waals surface area (Å²) < 4.78 is 14.2. The molecular weight excluding hydrogens is 361 g/mol. The number of aromatic nitrogens is 2. The molecule has 0 aliphatic carbocycles. The van der Waals surface area contributed by atoms with Crippen LogP contribution in [0.3, 0.4) is 0 Å². The lowest BCUT2D eigenvalue weighted by atomic mass is 10.2. The smallest absolute Gasteiger partial charge is 0.251 e. The van der Waals surface area contributed by atoms with Crippen LogP contribution < -0.4 is 5.32 Å². The molecule has 0 saturated heterocycles. The molecule has 0 fully saturated rings. The first-order chi connectivity index (χ1) is 13.1. The summed E-state index contributed by atoms with van der Waals surface area (Å²) in [5.74, 6) is -0.515. The fourth-order valence-corrected chi connectivity index (χ4v) is 3.78. The van der Waals surface area contributed by atoms with Crippen molar-refractivity contribution in [3.8, 4) is 10.6 Å². The summed E-state index contributed by atoms with van der Waals surface area (Å²) in [7, 11) is 0. The molecule has 0 unspecified atom stereocenters. The van der Waals surface area contributed by atoms with Crippen LogP contribution in [0.1, 0.15) is 21.5 Å². The van der Waals surface area contributed by atoms with E-state index >= 15 is 0 Å². The molecule has 0 atom stereocenters. The average molecular weight is 377 g/mol. The molecule has 0 spiro atoms. The number of nitrogens with zero attached hydrogens (tertiary/aromatic N) is 2. The zero-order valence-electron chi connectivity index (χ0n) is 14.6. The van der Waals surface area contributed by atoms with Gasteiger partial charge in [0.1, 0.15) is 10.8 Å². The number of hydrogen-bond acceptors (Lipinski definition) is 4. The highest BCUT2D eigenvalue weighted by atomic mass is 32.1. The molecule has 2 heterocycles. The number of thiazole rings is 1. The second-order valence-electron chi connectivity index (χ2n) is 6.27. The van der Waals surface area contributed by atoms with Gasteiger partial charge in [-0.2, -0.15) is 0 Å². The van der Waals surface area contributed by atoms with Gasteiger partial charge in [0.2, 0.25) is 0 Å². The number of fused-ring (bicyclic) bond motifs is 1. The van der Waals surface area contributed by atoms with Gasteiger partial charge in [0.05, 0.1) is 10.2 Å². The Morgan fingerprint density at radius 2 is 2.04 bits per heavy atom. The molecule has 0 aliphatic rings. The lowest BCUT2D eigenvalue weighted by Crippen LogP contribution is -2.22. The Morgan fingerprint density at radius 1 is 1.15 bits per heavy atom. The Bertz CT molecular complexity index is 1140. The summed E-state index contributed by atoms with van der Waals surface area (Å²) >= 11 is 1.53. The SMILES string of the molecule is Cc1cncc(-c2nc3ccc(C(=O)NCc4cccc(F)c4)cc3s2)c1. The number of halogens is 1. The molecule has 0 aliphatic heterocycles. The van der Waals surface area contributed by atoms with Crippen molar-refractivity contribution in [3.05, 3.63) is 83.4 Å². The molecule has 2 aromatic heterocycles. The van der Waals surface area contributed by atoms with Gasteiger partial charge < -0.3 is 5.32 Å². The molecule has 4 rings (SSSR count). The van der Waals surface area contributed by atoms with Gasteiger partial charge in [-0.1, -0.05) is 12.1 Å². The molecule has 4 nitrogen and oxygen atoms in total. The maximum absolute atomic E-state index is 13.2. The predicted octanol–water partition coefficient (Wildman–Crippen LogP) is 4.74. The summed E-state index contributed by atoms with van der Waals surface area (Å²) in [6, 6.07) is 13.7. The number of carbonyl (C=O) groups excluding carboxylic acids is 1. The average Bonchev–Trinajstić information content (AvgIpc) is 3.09. The minimum atomic E-state index is -0.314. The molecule has 6 heteroatoms. The Hall–Kier alpha value is -3.12. The van der Waals surface area contributed by atoms with E-state index in [0.29, 0.717) is 5.56 Å². The van der Waals surface area contributed by atoms with Gasteiger partial charge in [-0.05, 0) is 54.4 Å². The first kappa shape index (κ1) is 17.3. The van der Waals surface area contributed by atoms with Crippen molar-refractivity contribution in [3.63, 3.8) is 0 Å². The predicted molar refractivity (Wildman–Crippen MR) is 105 cm³/mol. The van der Waals surface area contributed by atoms with Gasteiger partial charge in [0, 0.05) is 30.1 Å². The van der Waals surface area contributed by atoms with Crippen molar-refractivity contribution in [1.29, 1.82) is 0 Å². The number of nitrogens with one attached hydrogen (secondary N) is 1. The third kappa shape index (κ3) is 3.85. The third-order valence-electron chi connectivity index (χ3n) is 4.11. The second kappa shape index (κ2) is 7.25. The summed E-state index contributed by atoms with van der Waals surface area (Å²) in [5, 5.41) is 3.70. The quantitative estimate of drug-likeness (QED) is 0.559. The number of aryl methyl sites for hydroxylation is 1. The minimum absolute atomic E-state index is 0.201. The molecule has 134 valence electrons. The Kier molecular flexibility index (Phi) is 4.64. The fourth-order valence-electron chi connectivity index (χ4n) is 2.79. The van der Waals surface area contributed by atoms with Crippen LogP contribution in [0.4, 0.5) is 4.39 Å². The largest absolute Gasteiger partial charge is 0.348 e. The van der Waals surface area contributed by atoms with Gasteiger partial charge >= 0.3 is 0 Å². The monoisotopic (exact) mass is 377 g/mol. The first-order valence-corrected chi connectivity index (χ1v) is 9.25. The van der Waals surface area contributed by atoms with Gasteiger partial charge in [-0.25, -0.2) is 9.37 Å². The van der Waals surface area contributed by atoms with Crippen molar-refractivity contribution >= 4 is 27.5 Å². The van der Waals surface area contributed by atoms with E-state index in [4.69, 9.17) is 0 Å². The van der Waals surface area contributed by atoms with Gasteiger partial charge in [-0.15, -0.1) is 11.3 Å². The first-order valence-electron chi connectivity index (χ1n) is 8.44. The van der Waals surface area contributed by atoms with Crippen LogP contribution in [0.2, 0.25) is 0 Å². The molecule has 2 aromatic carbocycles. The Morgan fingerprint density at radius 3 is 2.85 bits per heavy atom. The molecule has 0 bridgehead atoms. The van der Waals surface area contributed by atoms with Crippen LogP contribution in [0.15, 0.2) is 60.9 Å². The zero-order valence-corrected chi connectivity index (χ0v) is 15.4. The molecule has 27 heavy (non-hydrogen) atoms. The number of carbonyl (C=O) groups is 1. The molecule has 4 aromatic rings. The standard InChI is InChI=1S/C21H16FN3OS/c1-13-7-16(12-23-10-13)21-25-18-6-5-15(9-19(18)27-21)20(26)24-11-14-3-2-4-17(22)8-14/h2-10,12H,11H2,1H3,(H,24,26). The number of hydrogen-bond donors (Lipinski definition) is 1. The van der Waals surface area contributed by atoms with Gasteiger partial charge in [0.15, 0.2) is 0 Å². The molecule has 1 N–H and O–H groups in total. The van der Waals surface area contributed by atoms with Crippen LogP contribution in [0, 0.1) is 12.7 Å². The van der Waals surface area contributed by atoms with Crippen LogP contribution in [0.25, 0.3) is 20.8 Å². The molecular formula is C21H16FN3OS. The summed E-state index contributed by atoms with van der Waals surface area (Å²) in [5.41, 5.74) is 4.16. The van der Waals surface area contributed by atoms with E-state index in [1.165, 1.54) is 23.5 Å². The number of amides is 1. The van der Waals surface area contributed by atoms with Crippen LogP contribution in [0.5, 0.6) is 0 Å². The van der Waals surface area contributed by atoms with E-state index in [9.17, 15) is 9.18 Å². The summed E-state index contributed by atoms with van der Waals surface area (Å²) in [6.45, 7) is 2.27. The Labute approximate surface area is 159 Å². The van der Waals surface area contributed by atoms with Gasteiger partial charge in [0.25, 0.3) is 5.91 Å². The highest BCUT2D eigenvalue weighted by molar-refractivity contribution is 7.21. The summed E-state index contributed by atoms with van der Waals surface area (Å²) in [4.78, 5) is 21.3. The third-order valence-corrected chi connectivity index (χ3v) is 5.18. The maximum Gasteiger partial charge on any atom is 0.251 e. The van der Waals surface area contributed by atoms with E-state index in [2.05, 4.69) is 15.3 Å². The van der Waals surface area contributed by atoms with Crippen molar-refractivity contribution in [2.24, 2.45) is 0 Å². The fraction of sp³-hybridized carbons (Fsp3) is 0.0952.